The third-order valence-electron chi connectivity index (χ3n) is 5.30. The minimum Gasteiger partial charge on any atom is -0.331 e. The van der Waals surface area contributed by atoms with Gasteiger partial charge < -0.3 is 10.2 Å². The van der Waals surface area contributed by atoms with Crippen molar-refractivity contribution in [1.29, 1.82) is 0 Å². The number of hydrogen-bond donors (Lipinski definition) is 1. The molecular formula is C18H25N5O. The summed E-state index contributed by atoms with van der Waals surface area (Å²) in [5.74, 6) is 0.144. The SMILES string of the molecule is Cc1cc(C(=O)N2C3CCNCC2CC3)c2cnn(C(C)C)c2n1. The highest BCUT2D eigenvalue weighted by Crippen LogP contribution is 2.31. The molecule has 4 rings (SSSR count). The van der Waals surface area contributed by atoms with Crippen LogP contribution in [0.25, 0.3) is 11.0 Å². The summed E-state index contributed by atoms with van der Waals surface area (Å²) in [5, 5.41) is 8.80. The Morgan fingerprint density at radius 2 is 2.08 bits per heavy atom. The molecule has 2 aromatic heterocycles. The Morgan fingerprint density at radius 3 is 2.88 bits per heavy atom. The fourth-order valence-electron chi connectivity index (χ4n) is 4.15. The lowest BCUT2D eigenvalue weighted by Crippen LogP contribution is -2.42. The van der Waals surface area contributed by atoms with Crippen LogP contribution in [0.1, 0.15) is 55.2 Å². The van der Waals surface area contributed by atoms with Crippen molar-refractivity contribution in [3.8, 4) is 0 Å². The molecule has 1 amide bonds. The van der Waals surface area contributed by atoms with Gasteiger partial charge in [-0.2, -0.15) is 5.10 Å². The Labute approximate surface area is 142 Å². The van der Waals surface area contributed by atoms with E-state index in [0.29, 0.717) is 12.1 Å². The molecule has 2 unspecified atom stereocenters. The first-order valence-corrected chi connectivity index (χ1v) is 8.94. The number of nitrogens with zero attached hydrogens (tertiary/aromatic N) is 4. The number of rotatable bonds is 2. The predicted octanol–water partition coefficient (Wildman–Crippen LogP) is 2.29. The van der Waals surface area contributed by atoms with Gasteiger partial charge in [0.25, 0.3) is 5.91 Å². The molecule has 1 N–H and O–H groups in total. The van der Waals surface area contributed by atoms with Gasteiger partial charge in [-0.15, -0.1) is 0 Å². The Bertz CT molecular complexity index is 767. The molecule has 2 aromatic rings. The van der Waals surface area contributed by atoms with E-state index in [1.165, 1.54) is 0 Å². The van der Waals surface area contributed by atoms with Crippen molar-refractivity contribution in [3.05, 3.63) is 23.5 Å². The monoisotopic (exact) mass is 327 g/mol. The summed E-state index contributed by atoms with van der Waals surface area (Å²) in [5.41, 5.74) is 2.44. The topological polar surface area (TPSA) is 63.1 Å². The number of aryl methyl sites for hydroxylation is 1. The van der Waals surface area contributed by atoms with Crippen molar-refractivity contribution in [2.75, 3.05) is 13.1 Å². The van der Waals surface area contributed by atoms with E-state index >= 15 is 0 Å². The zero-order valence-corrected chi connectivity index (χ0v) is 14.6. The third-order valence-corrected chi connectivity index (χ3v) is 5.30. The van der Waals surface area contributed by atoms with Crippen LogP contribution in [0.3, 0.4) is 0 Å². The van der Waals surface area contributed by atoms with Crippen molar-refractivity contribution < 1.29 is 4.79 Å². The average Bonchev–Trinajstić information content (AvgIpc) is 3.05. The van der Waals surface area contributed by atoms with Crippen LogP contribution in [0, 0.1) is 6.92 Å². The van der Waals surface area contributed by atoms with Crippen LogP contribution in [-0.2, 0) is 0 Å². The van der Waals surface area contributed by atoms with Gasteiger partial charge in [0.2, 0.25) is 0 Å². The minimum absolute atomic E-state index is 0.144. The molecule has 2 fully saturated rings. The summed E-state index contributed by atoms with van der Waals surface area (Å²) in [7, 11) is 0. The first kappa shape index (κ1) is 15.6. The van der Waals surface area contributed by atoms with Crippen molar-refractivity contribution >= 4 is 16.9 Å². The van der Waals surface area contributed by atoms with Gasteiger partial charge in [0.05, 0.1) is 17.1 Å². The van der Waals surface area contributed by atoms with Gasteiger partial charge in [-0.05, 0) is 52.6 Å². The van der Waals surface area contributed by atoms with Crippen LogP contribution in [-0.4, -0.2) is 50.7 Å². The van der Waals surface area contributed by atoms with Gasteiger partial charge in [-0.1, -0.05) is 0 Å². The van der Waals surface area contributed by atoms with Gasteiger partial charge in [0.1, 0.15) is 0 Å². The second-order valence-corrected chi connectivity index (χ2v) is 7.32. The quantitative estimate of drug-likeness (QED) is 0.919. The van der Waals surface area contributed by atoms with Crippen molar-refractivity contribution in [2.45, 2.75) is 58.2 Å². The standard InChI is InChI=1S/C18H25N5O/c1-11(2)23-17-16(10-20-23)15(8-12(3)21-17)18(24)22-13-4-5-14(22)9-19-7-6-13/h8,10-11,13-14,19H,4-7,9H2,1-3H3. The predicted molar refractivity (Wildman–Crippen MR) is 93.1 cm³/mol. The van der Waals surface area contributed by atoms with Gasteiger partial charge >= 0.3 is 0 Å². The average molecular weight is 327 g/mol. The Kier molecular flexibility index (Phi) is 3.79. The molecule has 2 aliphatic rings. The molecule has 0 spiro atoms. The lowest BCUT2D eigenvalue weighted by atomic mass is 10.1. The smallest absolute Gasteiger partial charge is 0.255 e. The highest BCUT2D eigenvalue weighted by Gasteiger charge is 2.39. The Balaban J connectivity index is 1.80. The van der Waals surface area contributed by atoms with Gasteiger partial charge in [0, 0.05) is 30.4 Å². The summed E-state index contributed by atoms with van der Waals surface area (Å²) < 4.78 is 1.90. The number of carbonyl (C=O) groups excluding carboxylic acids is 1. The molecule has 2 atom stereocenters. The molecule has 0 aliphatic carbocycles. The van der Waals surface area contributed by atoms with E-state index in [9.17, 15) is 4.79 Å². The maximum Gasteiger partial charge on any atom is 0.255 e. The Morgan fingerprint density at radius 1 is 1.29 bits per heavy atom. The van der Waals surface area contributed by atoms with Crippen LogP contribution in [0.2, 0.25) is 0 Å². The Hall–Kier alpha value is -1.95. The molecular weight excluding hydrogens is 302 g/mol. The molecule has 0 radical (unpaired) electrons. The molecule has 128 valence electrons. The second kappa shape index (κ2) is 5.84. The first-order chi connectivity index (χ1) is 11.6. The van der Waals surface area contributed by atoms with Crippen LogP contribution in [0.5, 0.6) is 0 Å². The van der Waals surface area contributed by atoms with Crippen LogP contribution >= 0.6 is 0 Å². The zero-order chi connectivity index (χ0) is 16.8. The number of fused-ring (bicyclic) bond motifs is 3. The molecule has 6 nitrogen and oxygen atoms in total. The van der Waals surface area contributed by atoms with Crippen LogP contribution in [0.4, 0.5) is 0 Å². The molecule has 2 aliphatic heterocycles. The zero-order valence-electron chi connectivity index (χ0n) is 14.6. The van der Waals surface area contributed by atoms with Crippen LogP contribution < -0.4 is 5.32 Å². The lowest BCUT2D eigenvalue weighted by molar-refractivity contribution is 0.0682. The van der Waals surface area contributed by atoms with Gasteiger partial charge in [-0.25, -0.2) is 9.67 Å². The van der Waals surface area contributed by atoms with Crippen molar-refractivity contribution in [2.24, 2.45) is 0 Å². The highest BCUT2D eigenvalue weighted by molar-refractivity contribution is 6.05. The van der Waals surface area contributed by atoms with Crippen molar-refractivity contribution in [3.63, 3.8) is 0 Å². The van der Waals surface area contributed by atoms with E-state index in [1.54, 1.807) is 6.20 Å². The van der Waals surface area contributed by atoms with E-state index < -0.39 is 0 Å². The van der Waals surface area contributed by atoms with E-state index in [0.717, 1.165) is 54.6 Å². The number of carbonyl (C=O) groups is 1. The molecule has 4 heterocycles. The van der Waals surface area contributed by atoms with Gasteiger partial charge in [0.15, 0.2) is 5.65 Å². The fourth-order valence-corrected chi connectivity index (χ4v) is 4.15. The van der Waals surface area contributed by atoms with E-state index in [4.69, 9.17) is 0 Å². The lowest BCUT2D eigenvalue weighted by Gasteiger charge is -2.28. The van der Waals surface area contributed by atoms with E-state index in [1.807, 2.05) is 17.7 Å². The molecule has 2 bridgehead atoms. The molecule has 6 heteroatoms. The summed E-state index contributed by atoms with van der Waals surface area (Å²) in [6, 6.07) is 2.82. The number of amides is 1. The fraction of sp³-hybridized carbons (Fsp3) is 0.611. The first-order valence-electron chi connectivity index (χ1n) is 8.94. The highest BCUT2D eigenvalue weighted by atomic mass is 16.2. The second-order valence-electron chi connectivity index (χ2n) is 7.32. The number of pyridine rings is 1. The summed E-state index contributed by atoms with van der Waals surface area (Å²) in [6.45, 7) is 8.02. The van der Waals surface area contributed by atoms with E-state index in [-0.39, 0.29) is 11.9 Å². The van der Waals surface area contributed by atoms with E-state index in [2.05, 4.69) is 34.1 Å². The molecule has 2 saturated heterocycles. The normalized spacial score (nSPS) is 23.9. The number of hydrogen-bond acceptors (Lipinski definition) is 4. The molecule has 0 aromatic carbocycles. The molecule has 24 heavy (non-hydrogen) atoms. The summed E-state index contributed by atoms with van der Waals surface area (Å²) >= 11 is 0. The number of nitrogens with one attached hydrogen (secondary N) is 1. The third kappa shape index (κ3) is 2.40. The summed E-state index contributed by atoms with van der Waals surface area (Å²) in [4.78, 5) is 20.2. The van der Waals surface area contributed by atoms with Crippen molar-refractivity contribution in [1.82, 2.24) is 25.0 Å². The maximum absolute atomic E-state index is 13.4. The summed E-state index contributed by atoms with van der Waals surface area (Å²) in [6.07, 6.45) is 5.06. The maximum atomic E-state index is 13.4. The van der Waals surface area contributed by atoms with Gasteiger partial charge in [-0.3, -0.25) is 4.79 Å². The van der Waals surface area contributed by atoms with Crippen LogP contribution in [0.15, 0.2) is 12.3 Å². The largest absolute Gasteiger partial charge is 0.331 e. The number of aromatic nitrogens is 3. The molecule has 0 saturated carbocycles. The minimum atomic E-state index is 0.144.